The van der Waals surface area contributed by atoms with Gasteiger partial charge < -0.3 is 10.1 Å². The molecule has 0 saturated heterocycles. The van der Waals surface area contributed by atoms with Crippen molar-refractivity contribution >= 4 is 0 Å². The van der Waals surface area contributed by atoms with Gasteiger partial charge in [0.1, 0.15) is 11.9 Å². The minimum absolute atomic E-state index is 0.237. The van der Waals surface area contributed by atoms with Crippen LogP contribution in [-0.2, 0) is 12.8 Å². The number of hydrogen-bond donors (Lipinski definition) is 1. The summed E-state index contributed by atoms with van der Waals surface area (Å²) in [5.74, 6) is 1.09. The maximum Gasteiger partial charge on any atom is 0.123 e. The molecule has 1 unspecified atom stereocenters. The number of rotatable bonds is 5. The van der Waals surface area contributed by atoms with E-state index >= 15 is 0 Å². The molecule has 0 fully saturated rings. The smallest absolute Gasteiger partial charge is 0.123 e. The molecular formula is C17H27NO. The van der Waals surface area contributed by atoms with E-state index in [0.29, 0.717) is 6.10 Å². The zero-order chi connectivity index (χ0) is 13.9. The van der Waals surface area contributed by atoms with Gasteiger partial charge >= 0.3 is 0 Å². The van der Waals surface area contributed by atoms with Crippen LogP contribution in [0.5, 0.6) is 5.75 Å². The Morgan fingerprint density at radius 1 is 1.26 bits per heavy atom. The van der Waals surface area contributed by atoms with Crippen LogP contribution < -0.4 is 10.1 Å². The Morgan fingerprint density at radius 2 is 2.05 bits per heavy atom. The fourth-order valence-corrected chi connectivity index (χ4v) is 2.55. The third-order valence-corrected chi connectivity index (χ3v) is 3.51. The first-order chi connectivity index (χ1) is 8.94. The van der Waals surface area contributed by atoms with E-state index in [2.05, 4.69) is 51.2 Å². The van der Waals surface area contributed by atoms with Crippen molar-refractivity contribution in [1.29, 1.82) is 0 Å². The molecule has 1 aromatic rings. The van der Waals surface area contributed by atoms with Crippen LogP contribution in [0.2, 0.25) is 0 Å². The molecule has 1 N–H and O–H groups in total. The van der Waals surface area contributed by atoms with Crippen LogP contribution in [0, 0.1) is 0 Å². The summed E-state index contributed by atoms with van der Waals surface area (Å²) in [7, 11) is 0. The third-order valence-electron chi connectivity index (χ3n) is 3.51. The van der Waals surface area contributed by atoms with E-state index in [-0.39, 0.29) is 5.54 Å². The third kappa shape index (κ3) is 4.54. The van der Waals surface area contributed by atoms with Crippen molar-refractivity contribution in [3.8, 4) is 5.75 Å². The molecule has 2 nitrogen and oxygen atoms in total. The van der Waals surface area contributed by atoms with E-state index < -0.39 is 0 Å². The van der Waals surface area contributed by atoms with Crippen molar-refractivity contribution in [3.63, 3.8) is 0 Å². The summed E-state index contributed by atoms with van der Waals surface area (Å²) in [6.45, 7) is 9.89. The van der Waals surface area contributed by atoms with Crippen LogP contribution in [0.15, 0.2) is 18.2 Å². The van der Waals surface area contributed by atoms with E-state index in [0.717, 1.165) is 18.7 Å². The molecule has 0 radical (unpaired) electrons. The van der Waals surface area contributed by atoms with E-state index in [4.69, 9.17) is 4.74 Å². The lowest BCUT2D eigenvalue weighted by Crippen LogP contribution is -2.36. The summed E-state index contributed by atoms with van der Waals surface area (Å²) < 4.78 is 5.73. The number of aryl methyl sites for hydroxylation is 1. The van der Waals surface area contributed by atoms with Gasteiger partial charge in [-0.1, -0.05) is 12.1 Å². The molecular weight excluding hydrogens is 234 g/mol. The van der Waals surface area contributed by atoms with Crippen molar-refractivity contribution in [2.45, 2.75) is 65.0 Å². The Kier molecular flexibility index (Phi) is 4.51. The molecule has 1 aliphatic heterocycles. The summed E-state index contributed by atoms with van der Waals surface area (Å²) in [4.78, 5) is 0. The summed E-state index contributed by atoms with van der Waals surface area (Å²) in [5, 5.41) is 3.54. The van der Waals surface area contributed by atoms with Crippen molar-refractivity contribution in [2.24, 2.45) is 0 Å². The van der Waals surface area contributed by atoms with E-state index in [1.807, 2.05) is 0 Å². The monoisotopic (exact) mass is 261 g/mol. The molecule has 1 aromatic carbocycles. The second-order valence-corrected chi connectivity index (χ2v) is 6.71. The molecule has 0 aromatic heterocycles. The second kappa shape index (κ2) is 5.96. The maximum atomic E-state index is 5.73. The van der Waals surface area contributed by atoms with Gasteiger partial charge in [-0.2, -0.15) is 0 Å². The number of unbranched alkanes of at least 4 members (excludes halogenated alkanes) is 1. The molecule has 0 saturated carbocycles. The highest BCUT2D eigenvalue weighted by atomic mass is 16.5. The average molecular weight is 261 g/mol. The normalized spacial score (nSPS) is 18.2. The predicted molar refractivity (Wildman–Crippen MR) is 80.9 cm³/mol. The highest BCUT2D eigenvalue weighted by Crippen LogP contribution is 2.29. The van der Waals surface area contributed by atoms with Gasteiger partial charge in [0, 0.05) is 12.0 Å². The first kappa shape index (κ1) is 14.4. The highest BCUT2D eigenvalue weighted by molar-refractivity contribution is 5.40. The van der Waals surface area contributed by atoms with E-state index in [9.17, 15) is 0 Å². The zero-order valence-corrected chi connectivity index (χ0v) is 12.8. The topological polar surface area (TPSA) is 21.3 Å². The van der Waals surface area contributed by atoms with Gasteiger partial charge in [-0.3, -0.25) is 0 Å². The zero-order valence-electron chi connectivity index (χ0n) is 12.8. The Bertz CT molecular complexity index is 420. The van der Waals surface area contributed by atoms with Gasteiger partial charge in [0.2, 0.25) is 0 Å². The molecule has 0 bridgehead atoms. The minimum atomic E-state index is 0.237. The number of fused-ring (bicyclic) bond motifs is 1. The molecule has 106 valence electrons. The average Bonchev–Trinajstić information content (AvgIpc) is 2.66. The molecule has 19 heavy (non-hydrogen) atoms. The summed E-state index contributed by atoms with van der Waals surface area (Å²) in [6, 6.07) is 6.69. The molecule has 1 heterocycles. The molecule has 0 aliphatic carbocycles. The van der Waals surface area contributed by atoms with E-state index in [1.54, 1.807) is 0 Å². The fourth-order valence-electron chi connectivity index (χ4n) is 2.55. The molecule has 0 amide bonds. The lowest BCUT2D eigenvalue weighted by atomic mass is 10.0. The van der Waals surface area contributed by atoms with Gasteiger partial charge in [-0.05, 0) is 70.7 Å². The molecule has 1 atom stereocenters. The first-order valence-corrected chi connectivity index (χ1v) is 7.47. The second-order valence-electron chi connectivity index (χ2n) is 6.71. The molecule has 2 heteroatoms. The minimum Gasteiger partial charge on any atom is -0.490 e. The van der Waals surface area contributed by atoms with Crippen LogP contribution in [0.1, 0.15) is 51.7 Å². The fraction of sp³-hybridized carbons (Fsp3) is 0.647. The highest BCUT2D eigenvalue weighted by Gasteiger charge is 2.18. The number of nitrogens with one attached hydrogen (secondary N) is 1. The number of ether oxygens (including phenoxy) is 1. The van der Waals surface area contributed by atoms with Crippen molar-refractivity contribution in [1.82, 2.24) is 5.32 Å². The SMILES string of the molecule is CC1Cc2cc(CCCCNC(C)(C)C)ccc2O1. The van der Waals surface area contributed by atoms with Crippen LogP contribution in [0.3, 0.4) is 0 Å². The summed E-state index contributed by atoms with van der Waals surface area (Å²) >= 11 is 0. The van der Waals surface area contributed by atoms with Gasteiger partial charge in [0.15, 0.2) is 0 Å². The van der Waals surface area contributed by atoms with Gasteiger partial charge in [-0.15, -0.1) is 0 Å². The van der Waals surface area contributed by atoms with Gasteiger partial charge in [0.25, 0.3) is 0 Å². The number of benzene rings is 1. The van der Waals surface area contributed by atoms with Crippen LogP contribution in [0.25, 0.3) is 0 Å². The quantitative estimate of drug-likeness (QED) is 0.816. The lowest BCUT2D eigenvalue weighted by molar-refractivity contribution is 0.254. The summed E-state index contributed by atoms with van der Waals surface area (Å²) in [5.41, 5.74) is 3.08. The van der Waals surface area contributed by atoms with Gasteiger partial charge in [-0.25, -0.2) is 0 Å². The molecule has 1 aliphatic rings. The Balaban J connectivity index is 1.74. The predicted octanol–water partition coefficient (Wildman–Crippen LogP) is 3.72. The van der Waals surface area contributed by atoms with Gasteiger partial charge in [0.05, 0.1) is 0 Å². The number of hydrogen-bond acceptors (Lipinski definition) is 2. The largest absolute Gasteiger partial charge is 0.490 e. The summed E-state index contributed by atoms with van der Waals surface area (Å²) in [6.07, 6.45) is 5.07. The molecule has 0 spiro atoms. The Labute approximate surface area is 117 Å². The first-order valence-electron chi connectivity index (χ1n) is 7.47. The Hall–Kier alpha value is -1.02. The Morgan fingerprint density at radius 3 is 2.79 bits per heavy atom. The van der Waals surface area contributed by atoms with Crippen molar-refractivity contribution in [2.75, 3.05) is 6.54 Å². The van der Waals surface area contributed by atoms with Crippen LogP contribution in [-0.4, -0.2) is 18.2 Å². The van der Waals surface area contributed by atoms with Crippen LogP contribution in [0.4, 0.5) is 0 Å². The standard InChI is InChI=1S/C17H27NO/c1-13-11-15-12-14(8-9-16(15)19-13)7-5-6-10-18-17(2,3)4/h8-9,12-13,18H,5-7,10-11H2,1-4H3. The maximum absolute atomic E-state index is 5.73. The molecule has 2 rings (SSSR count). The lowest BCUT2D eigenvalue weighted by Gasteiger charge is -2.20. The van der Waals surface area contributed by atoms with Crippen molar-refractivity contribution < 1.29 is 4.74 Å². The van der Waals surface area contributed by atoms with Crippen molar-refractivity contribution in [3.05, 3.63) is 29.3 Å². The van der Waals surface area contributed by atoms with Crippen LogP contribution >= 0.6 is 0 Å². The van der Waals surface area contributed by atoms with E-state index in [1.165, 1.54) is 30.4 Å².